The summed E-state index contributed by atoms with van der Waals surface area (Å²) < 4.78 is 25.9. The Morgan fingerprint density at radius 1 is 1.00 bits per heavy atom. The van der Waals surface area contributed by atoms with Gasteiger partial charge in [0.15, 0.2) is 0 Å². The van der Waals surface area contributed by atoms with E-state index in [0.29, 0.717) is 6.26 Å². The van der Waals surface area contributed by atoms with Gasteiger partial charge in [-0.3, -0.25) is 4.55 Å². The van der Waals surface area contributed by atoms with E-state index in [9.17, 15) is 8.42 Å². The normalized spacial score (nSPS) is 19.5. The quantitative estimate of drug-likeness (QED) is 0.497. The van der Waals surface area contributed by atoms with Crippen LogP contribution in [0, 0.1) is 0 Å². The molecule has 1 aliphatic rings. The number of likely N-dealkylation sites (tertiary alicyclic amines) is 1. The summed E-state index contributed by atoms with van der Waals surface area (Å²) in [4.78, 5) is 2.71. The van der Waals surface area contributed by atoms with Crippen molar-refractivity contribution in [2.75, 3.05) is 19.3 Å². The van der Waals surface area contributed by atoms with Crippen LogP contribution in [0.4, 0.5) is 0 Å². The molecule has 134 valence electrons. The van der Waals surface area contributed by atoms with Gasteiger partial charge in [0.05, 0.1) is 6.26 Å². The van der Waals surface area contributed by atoms with E-state index in [0.717, 1.165) is 6.04 Å². The topological polar surface area (TPSA) is 57.6 Å². The first-order valence-corrected chi connectivity index (χ1v) is 10.9. The summed E-state index contributed by atoms with van der Waals surface area (Å²) in [5.74, 6) is 0. The van der Waals surface area contributed by atoms with Gasteiger partial charge in [-0.1, -0.05) is 58.3 Å². The van der Waals surface area contributed by atoms with Crippen molar-refractivity contribution in [2.45, 2.75) is 90.5 Å². The van der Waals surface area contributed by atoms with E-state index in [1.54, 1.807) is 0 Å². The second-order valence-electron chi connectivity index (χ2n) is 6.59. The Hall–Kier alpha value is -0.130. The molecule has 0 aromatic heterocycles. The molecule has 1 aliphatic heterocycles. The highest BCUT2D eigenvalue weighted by Crippen LogP contribution is 2.17. The summed E-state index contributed by atoms with van der Waals surface area (Å²) in [6.45, 7) is 7.41. The number of rotatable bonds is 9. The lowest BCUT2D eigenvalue weighted by Gasteiger charge is -2.33. The van der Waals surface area contributed by atoms with Crippen LogP contribution in [0.3, 0.4) is 0 Å². The van der Waals surface area contributed by atoms with Gasteiger partial charge in [0.2, 0.25) is 0 Å². The molecule has 1 heterocycles. The van der Waals surface area contributed by atoms with E-state index >= 15 is 0 Å². The van der Waals surface area contributed by atoms with Crippen LogP contribution in [0.5, 0.6) is 0 Å². The lowest BCUT2D eigenvalue weighted by molar-refractivity contribution is 0.157. The fourth-order valence-electron chi connectivity index (χ4n) is 2.94. The number of hydrogen-bond donors (Lipinski definition) is 1. The van der Waals surface area contributed by atoms with E-state index in [2.05, 4.69) is 18.7 Å². The first-order chi connectivity index (χ1) is 10.3. The van der Waals surface area contributed by atoms with Crippen molar-refractivity contribution in [2.24, 2.45) is 0 Å². The molecule has 22 heavy (non-hydrogen) atoms. The Bertz CT molecular complexity index is 336. The smallest absolute Gasteiger partial charge is 0.261 e. The van der Waals surface area contributed by atoms with Crippen LogP contribution < -0.4 is 0 Å². The van der Waals surface area contributed by atoms with Gasteiger partial charge in [-0.25, -0.2) is 0 Å². The fraction of sp³-hybridized carbons (Fsp3) is 1.00. The van der Waals surface area contributed by atoms with E-state index < -0.39 is 10.1 Å². The van der Waals surface area contributed by atoms with E-state index in [1.807, 2.05) is 0 Å². The predicted octanol–water partition coefficient (Wildman–Crippen LogP) is 4.51. The van der Waals surface area contributed by atoms with Gasteiger partial charge in [0, 0.05) is 6.04 Å². The molecule has 0 aromatic rings. The van der Waals surface area contributed by atoms with Crippen LogP contribution in [-0.2, 0) is 10.1 Å². The maximum absolute atomic E-state index is 9.19. The van der Waals surface area contributed by atoms with Gasteiger partial charge in [-0.15, -0.1) is 0 Å². The van der Waals surface area contributed by atoms with Crippen LogP contribution in [0.1, 0.15) is 84.5 Å². The zero-order valence-electron chi connectivity index (χ0n) is 14.9. The van der Waals surface area contributed by atoms with Crippen LogP contribution in [0.2, 0.25) is 0 Å². The third-order valence-electron chi connectivity index (χ3n) is 4.24. The number of hydrogen-bond acceptors (Lipinski definition) is 3. The lowest BCUT2D eigenvalue weighted by Crippen LogP contribution is -2.37. The predicted molar refractivity (Wildman–Crippen MR) is 95.0 cm³/mol. The molecular formula is C17H37NO3S. The Morgan fingerprint density at radius 2 is 1.50 bits per heavy atom. The van der Waals surface area contributed by atoms with Gasteiger partial charge in [-0.05, 0) is 39.3 Å². The third-order valence-corrected chi connectivity index (χ3v) is 4.24. The molecule has 0 aromatic carbocycles. The summed E-state index contributed by atoms with van der Waals surface area (Å²) in [6, 6.07) is 0.855. The average Bonchev–Trinajstić information content (AvgIpc) is 2.42. The molecule has 0 spiro atoms. The zero-order chi connectivity index (χ0) is 16.8. The summed E-state index contributed by atoms with van der Waals surface area (Å²) in [6.07, 6.45) is 16.6. The van der Waals surface area contributed by atoms with Gasteiger partial charge in [0.1, 0.15) is 0 Å². The summed E-state index contributed by atoms with van der Waals surface area (Å²) >= 11 is 0. The highest BCUT2D eigenvalue weighted by molar-refractivity contribution is 7.85. The SMILES string of the molecule is CCCCCCCCCCN1CCCCC1C.CS(=O)(=O)O. The van der Waals surface area contributed by atoms with Crippen molar-refractivity contribution in [3.05, 3.63) is 0 Å². The molecule has 0 amide bonds. The summed E-state index contributed by atoms with van der Waals surface area (Å²) in [5.41, 5.74) is 0. The van der Waals surface area contributed by atoms with Crippen LogP contribution in [-0.4, -0.2) is 43.3 Å². The largest absolute Gasteiger partial charge is 0.301 e. The molecule has 5 heteroatoms. The van der Waals surface area contributed by atoms with Crippen LogP contribution in [0.15, 0.2) is 0 Å². The molecule has 4 nitrogen and oxygen atoms in total. The molecule has 1 atom stereocenters. The Kier molecular flexibility index (Phi) is 13.2. The third kappa shape index (κ3) is 16.2. The maximum atomic E-state index is 9.19. The van der Waals surface area contributed by atoms with E-state index in [4.69, 9.17) is 4.55 Å². The second kappa shape index (κ2) is 13.3. The van der Waals surface area contributed by atoms with Crippen molar-refractivity contribution in [1.29, 1.82) is 0 Å². The molecule has 1 fully saturated rings. The van der Waals surface area contributed by atoms with E-state index in [-0.39, 0.29) is 0 Å². The van der Waals surface area contributed by atoms with Crippen LogP contribution in [0.25, 0.3) is 0 Å². The number of nitrogens with zero attached hydrogens (tertiary/aromatic N) is 1. The van der Waals surface area contributed by atoms with E-state index in [1.165, 1.54) is 83.7 Å². The Morgan fingerprint density at radius 3 is 2.00 bits per heavy atom. The minimum atomic E-state index is -3.67. The first kappa shape index (κ1) is 21.9. The Balaban J connectivity index is 0.000000763. The summed E-state index contributed by atoms with van der Waals surface area (Å²) in [5, 5.41) is 0. The van der Waals surface area contributed by atoms with Gasteiger partial charge in [0.25, 0.3) is 10.1 Å². The van der Waals surface area contributed by atoms with Crippen molar-refractivity contribution in [1.82, 2.24) is 4.90 Å². The summed E-state index contributed by atoms with van der Waals surface area (Å²) in [7, 11) is -3.67. The maximum Gasteiger partial charge on any atom is 0.261 e. The Labute approximate surface area is 138 Å². The molecule has 0 saturated carbocycles. The van der Waals surface area contributed by atoms with Crippen molar-refractivity contribution < 1.29 is 13.0 Å². The molecule has 1 saturated heterocycles. The second-order valence-corrected chi connectivity index (χ2v) is 8.05. The number of piperidine rings is 1. The zero-order valence-corrected chi connectivity index (χ0v) is 15.7. The lowest BCUT2D eigenvalue weighted by atomic mass is 10.0. The van der Waals surface area contributed by atoms with Gasteiger partial charge < -0.3 is 4.90 Å². The number of unbranched alkanes of at least 4 members (excludes halogenated alkanes) is 7. The molecule has 1 N–H and O–H groups in total. The minimum Gasteiger partial charge on any atom is -0.301 e. The first-order valence-electron chi connectivity index (χ1n) is 9.01. The highest BCUT2D eigenvalue weighted by atomic mass is 32.2. The molecule has 1 unspecified atom stereocenters. The monoisotopic (exact) mass is 335 g/mol. The molecular weight excluding hydrogens is 298 g/mol. The standard InChI is InChI=1S/C16H33N.CH4O3S/c1-3-4-5-6-7-8-9-11-14-17-15-12-10-13-16(17)2;1-5(2,3)4/h16H,3-15H2,1-2H3;1H3,(H,2,3,4). The molecule has 0 radical (unpaired) electrons. The van der Waals surface area contributed by atoms with Crippen molar-refractivity contribution in [3.8, 4) is 0 Å². The highest BCUT2D eigenvalue weighted by Gasteiger charge is 2.16. The fourth-order valence-corrected chi connectivity index (χ4v) is 2.94. The molecule has 0 bridgehead atoms. The average molecular weight is 336 g/mol. The van der Waals surface area contributed by atoms with Crippen molar-refractivity contribution >= 4 is 10.1 Å². The molecule has 0 aliphatic carbocycles. The van der Waals surface area contributed by atoms with Crippen LogP contribution >= 0.6 is 0 Å². The van der Waals surface area contributed by atoms with Gasteiger partial charge in [-0.2, -0.15) is 8.42 Å². The van der Waals surface area contributed by atoms with Crippen molar-refractivity contribution in [3.63, 3.8) is 0 Å². The van der Waals surface area contributed by atoms with Gasteiger partial charge >= 0.3 is 0 Å². The molecule has 1 rings (SSSR count). The minimum absolute atomic E-state index is 0.715.